The Morgan fingerprint density at radius 3 is 2.42 bits per heavy atom. The van der Waals surface area contributed by atoms with Crippen molar-refractivity contribution in [3.8, 4) is 22.8 Å². The van der Waals surface area contributed by atoms with E-state index in [1.165, 1.54) is 14.2 Å². The highest BCUT2D eigenvalue weighted by Crippen LogP contribution is 2.45. The van der Waals surface area contributed by atoms with Gasteiger partial charge in [0, 0.05) is 48.8 Å². The van der Waals surface area contributed by atoms with Crippen LogP contribution in [0.2, 0.25) is 0 Å². The fourth-order valence-electron chi connectivity index (χ4n) is 5.76. The van der Waals surface area contributed by atoms with E-state index in [0.29, 0.717) is 46.5 Å². The molecule has 2 unspecified atom stereocenters. The van der Waals surface area contributed by atoms with Gasteiger partial charge in [0.1, 0.15) is 5.82 Å². The number of hydrogen-bond donors (Lipinski definition) is 2. The average Bonchev–Trinajstić information content (AvgIpc) is 3.67. The van der Waals surface area contributed by atoms with Crippen LogP contribution in [0.1, 0.15) is 40.8 Å². The van der Waals surface area contributed by atoms with Crippen LogP contribution in [0.25, 0.3) is 11.3 Å². The average molecular weight is 528 g/mol. The molecule has 200 valence electrons. The van der Waals surface area contributed by atoms with E-state index in [1.54, 1.807) is 48.5 Å². The summed E-state index contributed by atoms with van der Waals surface area (Å²) in [6.07, 6.45) is -3.75. The minimum Gasteiger partial charge on any atom is -0.493 e. The fraction of sp³-hybridized carbons (Fsp3) is 0.407. The van der Waals surface area contributed by atoms with Crippen molar-refractivity contribution in [2.75, 3.05) is 32.6 Å². The second-order valence-electron chi connectivity index (χ2n) is 9.99. The van der Waals surface area contributed by atoms with Gasteiger partial charge in [-0.15, -0.1) is 0 Å². The number of piperazine rings is 1. The Kier molecular flexibility index (Phi) is 5.97. The SMILES string of the molecule is COc1ccc(C2CC(C(F)(F)F)n3nc(-c4ccc(C(=O)N5C[C@@H]6C[C@H]5CN6)cc4)cc3N2)cc1OC. The molecule has 0 saturated carbocycles. The van der Waals surface area contributed by atoms with Crippen LogP contribution >= 0.6 is 0 Å². The number of alkyl halides is 3. The third-order valence-electron chi connectivity index (χ3n) is 7.74. The third kappa shape index (κ3) is 4.24. The highest BCUT2D eigenvalue weighted by Gasteiger charge is 2.47. The van der Waals surface area contributed by atoms with Crippen LogP contribution in [-0.2, 0) is 0 Å². The summed E-state index contributed by atoms with van der Waals surface area (Å²) in [7, 11) is 2.99. The van der Waals surface area contributed by atoms with Gasteiger partial charge in [0.05, 0.1) is 26.0 Å². The molecule has 2 fully saturated rings. The Morgan fingerprint density at radius 1 is 1.03 bits per heavy atom. The standard InChI is InChI=1S/C27H28F3N5O3/c1-37-22-8-7-17(9-23(22)38-2)20-11-24(27(28,29)30)35-25(32-20)12-21(33-35)15-3-5-16(6-4-15)26(36)34-14-18-10-19(34)13-31-18/h3-9,12,18-20,24,31-32H,10-11,13-14H2,1-2H3/t18-,19-,20?,24?/m0/s1. The van der Waals surface area contributed by atoms with Crippen molar-refractivity contribution < 1.29 is 27.4 Å². The summed E-state index contributed by atoms with van der Waals surface area (Å²) >= 11 is 0. The number of aromatic nitrogens is 2. The number of likely N-dealkylation sites (tertiary alicyclic amines) is 1. The molecule has 2 aromatic carbocycles. The van der Waals surface area contributed by atoms with Crippen molar-refractivity contribution in [2.24, 2.45) is 0 Å². The monoisotopic (exact) mass is 527 g/mol. The molecule has 3 aliphatic heterocycles. The first-order chi connectivity index (χ1) is 18.2. The number of fused-ring (bicyclic) bond motifs is 3. The summed E-state index contributed by atoms with van der Waals surface area (Å²) < 4.78 is 54.1. The first-order valence-electron chi connectivity index (χ1n) is 12.5. The lowest BCUT2D eigenvalue weighted by Gasteiger charge is -2.33. The van der Waals surface area contributed by atoms with Crippen LogP contribution in [0.4, 0.5) is 19.0 Å². The Labute approximate surface area is 217 Å². The minimum absolute atomic E-state index is 0.0220. The molecule has 2 N–H and O–H groups in total. The van der Waals surface area contributed by atoms with Gasteiger partial charge in [0.25, 0.3) is 5.91 Å². The molecular formula is C27H28F3N5O3. The lowest BCUT2D eigenvalue weighted by atomic mass is 9.96. The predicted octanol–water partition coefficient (Wildman–Crippen LogP) is 4.41. The molecule has 1 amide bonds. The third-order valence-corrected chi connectivity index (χ3v) is 7.74. The number of amides is 1. The first-order valence-corrected chi connectivity index (χ1v) is 12.5. The highest BCUT2D eigenvalue weighted by molar-refractivity contribution is 5.95. The van der Waals surface area contributed by atoms with Gasteiger partial charge in [0.2, 0.25) is 0 Å². The Hall–Kier alpha value is -3.73. The van der Waals surface area contributed by atoms with E-state index in [2.05, 4.69) is 15.7 Å². The molecule has 3 aromatic rings. The number of halogens is 3. The molecule has 2 bridgehead atoms. The maximum Gasteiger partial charge on any atom is 0.410 e. The fourth-order valence-corrected chi connectivity index (χ4v) is 5.76. The first kappa shape index (κ1) is 24.6. The Balaban J connectivity index is 1.27. The van der Waals surface area contributed by atoms with E-state index in [0.717, 1.165) is 17.6 Å². The number of rotatable bonds is 5. The number of hydrogen-bond acceptors (Lipinski definition) is 6. The predicted molar refractivity (Wildman–Crippen MR) is 135 cm³/mol. The largest absolute Gasteiger partial charge is 0.493 e. The van der Waals surface area contributed by atoms with Crippen molar-refractivity contribution >= 4 is 11.7 Å². The minimum atomic E-state index is -4.49. The molecule has 4 atom stereocenters. The number of benzene rings is 2. The van der Waals surface area contributed by atoms with E-state index in [9.17, 15) is 18.0 Å². The van der Waals surface area contributed by atoms with Crippen molar-refractivity contribution in [3.05, 3.63) is 59.7 Å². The van der Waals surface area contributed by atoms with Crippen LogP contribution in [0.5, 0.6) is 11.5 Å². The molecule has 1 aromatic heterocycles. The Bertz CT molecular complexity index is 1360. The zero-order valence-electron chi connectivity index (χ0n) is 21.0. The maximum absolute atomic E-state index is 14.2. The number of nitrogens with zero attached hydrogens (tertiary/aromatic N) is 3. The van der Waals surface area contributed by atoms with E-state index >= 15 is 0 Å². The number of nitrogens with one attached hydrogen (secondary N) is 2. The number of methoxy groups -OCH3 is 2. The van der Waals surface area contributed by atoms with Crippen molar-refractivity contribution in [3.63, 3.8) is 0 Å². The van der Waals surface area contributed by atoms with Crippen LogP contribution in [0.15, 0.2) is 48.5 Å². The molecule has 0 aliphatic carbocycles. The summed E-state index contributed by atoms with van der Waals surface area (Å²) in [6, 6.07) is 11.8. The van der Waals surface area contributed by atoms with Gasteiger partial charge in [-0.25, -0.2) is 4.68 Å². The summed E-state index contributed by atoms with van der Waals surface area (Å²) in [5.74, 6) is 1.20. The summed E-state index contributed by atoms with van der Waals surface area (Å²) in [5.41, 5.74) is 2.25. The molecule has 11 heteroatoms. The molecule has 0 radical (unpaired) electrons. The zero-order chi connectivity index (χ0) is 26.6. The molecule has 2 saturated heterocycles. The molecule has 4 heterocycles. The number of carbonyl (C=O) groups excluding carboxylic acids is 1. The number of anilines is 1. The van der Waals surface area contributed by atoms with Gasteiger partial charge >= 0.3 is 6.18 Å². The highest BCUT2D eigenvalue weighted by atomic mass is 19.4. The van der Waals surface area contributed by atoms with E-state index in [1.807, 2.05) is 4.90 Å². The molecule has 8 nitrogen and oxygen atoms in total. The van der Waals surface area contributed by atoms with E-state index in [-0.39, 0.29) is 24.2 Å². The summed E-state index contributed by atoms with van der Waals surface area (Å²) in [4.78, 5) is 14.9. The molecule has 3 aliphatic rings. The van der Waals surface area contributed by atoms with E-state index < -0.39 is 18.3 Å². The van der Waals surface area contributed by atoms with Gasteiger partial charge in [-0.2, -0.15) is 18.3 Å². The quantitative estimate of drug-likeness (QED) is 0.512. The maximum atomic E-state index is 14.2. The van der Waals surface area contributed by atoms with Gasteiger partial charge in [-0.05, 0) is 36.2 Å². The molecule has 6 rings (SSSR count). The van der Waals surface area contributed by atoms with Crippen LogP contribution < -0.4 is 20.1 Å². The molecule has 38 heavy (non-hydrogen) atoms. The van der Waals surface area contributed by atoms with E-state index in [4.69, 9.17) is 9.47 Å². The van der Waals surface area contributed by atoms with Crippen LogP contribution in [0, 0.1) is 0 Å². The smallest absolute Gasteiger partial charge is 0.410 e. The topological polar surface area (TPSA) is 80.7 Å². The Morgan fingerprint density at radius 2 is 1.79 bits per heavy atom. The number of carbonyl (C=O) groups is 1. The molecule has 0 spiro atoms. The zero-order valence-corrected chi connectivity index (χ0v) is 21.0. The molecular weight excluding hydrogens is 499 g/mol. The second kappa shape index (κ2) is 9.23. The lowest BCUT2D eigenvalue weighted by molar-refractivity contribution is -0.173. The van der Waals surface area contributed by atoms with Gasteiger partial charge in [-0.1, -0.05) is 18.2 Å². The second-order valence-corrected chi connectivity index (χ2v) is 9.99. The van der Waals surface area contributed by atoms with Gasteiger partial charge in [0.15, 0.2) is 17.5 Å². The lowest BCUT2D eigenvalue weighted by Crippen LogP contribution is -2.46. The van der Waals surface area contributed by atoms with Gasteiger partial charge in [-0.3, -0.25) is 4.79 Å². The summed E-state index contributed by atoms with van der Waals surface area (Å²) in [6.45, 7) is 1.51. The van der Waals surface area contributed by atoms with Crippen molar-refractivity contribution in [2.45, 2.75) is 43.2 Å². The van der Waals surface area contributed by atoms with Crippen molar-refractivity contribution in [1.29, 1.82) is 0 Å². The van der Waals surface area contributed by atoms with Crippen LogP contribution in [0.3, 0.4) is 0 Å². The normalized spacial score (nSPS) is 24.2. The number of ether oxygens (including phenoxy) is 2. The van der Waals surface area contributed by atoms with Crippen molar-refractivity contribution in [1.82, 2.24) is 20.0 Å². The van der Waals surface area contributed by atoms with Gasteiger partial charge < -0.3 is 25.0 Å². The van der Waals surface area contributed by atoms with Crippen LogP contribution in [-0.4, -0.2) is 66.2 Å². The summed E-state index contributed by atoms with van der Waals surface area (Å²) in [5, 5.41) is 10.9.